The Labute approximate surface area is 118 Å². The predicted octanol–water partition coefficient (Wildman–Crippen LogP) is -1.43. The van der Waals surface area contributed by atoms with E-state index < -0.39 is 37.1 Å². The number of rotatable bonds is 7. The molecular weight excluding hydrogens is 266 g/mol. The first kappa shape index (κ1) is 17.1. The lowest BCUT2D eigenvalue weighted by atomic mass is 9.91. The molecule has 0 aromatic rings. The Kier molecular flexibility index (Phi) is 7.11. The van der Waals surface area contributed by atoms with Crippen LogP contribution in [-0.2, 0) is 14.3 Å². The molecule has 5 atom stereocenters. The van der Waals surface area contributed by atoms with Crippen molar-refractivity contribution in [3.8, 4) is 0 Å². The first-order valence-corrected chi connectivity index (χ1v) is 6.59. The Balaban J connectivity index is 2.67. The molecular formula is C13H23NO6. The van der Waals surface area contributed by atoms with Crippen molar-refractivity contribution in [3.05, 3.63) is 12.7 Å². The zero-order valence-corrected chi connectivity index (χ0v) is 11.6. The maximum atomic E-state index is 11.2. The van der Waals surface area contributed by atoms with Crippen molar-refractivity contribution in [2.45, 2.75) is 43.8 Å². The molecule has 0 aromatic heterocycles. The maximum Gasteiger partial charge on any atom is 0.217 e. The van der Waals surface area contributed by atoms with Gasteiger partial charge in [-0.15, -0.1) is 6.58 Å². The highest BCUT2D eigenvalue weighted by molar-refractivity contribution is 5.73. The Morgan fingerprint density at radius 2 is 2.10 bits per heavy atom. The zero-order valence-electron chi connectivity index (χ0n) is 11.6. The quantitative estimate of drug-likeness (QED) is 0.338. The van der Waals surface area contributed by atoms with Gasteiger partial charge in [0.1, 0.15) is 18.3 Å². The summed E-state index contributed by atoms with van der Waals surface area (Å²) in [5.74, 6) is -0.329. The van der Waals surface area contributed by atoms with E-state index in [4.69, 9.17) is 14.6 Å². The fourth-order valence-corrected chi connectivity index (χ4v) is 2.22. The Morgan fingerprint density at radius 1 is 1.40 bits per heavy atom. The molecule has 0 aliphatic carbocycles. The molecule has 0 aromatic carbocycles. The second-order valence-corrected chi connectivity index (χ2v) is 4.76. The summed E-state index contributed by atoms with van der Waals surface area (Å²) in [6, 6.07) is -0.738. The average molecular weight is 289 g/mol. The van der Waals surface area contributed by atoms with Crippen molar-refractivity contribution in [1.29, 1.82) is 0 Å². The van der Waals surface area contributed by atoms with Crippen LogP contribution in [0.25, 0.3) is 0 Å². The van der Waals surface area contributed by atoms with Crippen molar-refractivity contribution in [1.82, 2.24) is 5.32 Å². The smallest absolute Gasteiger partial charge is 0.217 e. The third kappa shape index (κ3) is 4.53. The number of aliphatic hydroxyl groups excluding tert-OH is 3. The van der Waals surface area contributed by atoms with Gasteiger partial charge in [0.05, 0.1) is 25.4 Å². The van der Waals surface area contributed by atoms with Gasteiger partial charge in [-0.3, -0.25) is 4.79 Å². The summed E-state index contributed by atoms with van der Waals surface area (Å²) < 4.78 is 10.8. The van der Waals surface area contributed by atoms with Crippen molar-refractivity contribution in [2.24, 2.45) is 0 Å². The fraction of sp³-hybridized carbons (Fsp3) is 0.769. The summed E-state index contributed by atoms with van der Waals surface area (Å²) in [6.07, 6.45) is -1.84. The molecule has 7 nitrogen and oxygen atoms in total. The van der Waals surface area contributed by atoms with Crippen LogP contribution >= 0.6 is 0 Å². The summed E-state index contributed by atoms with van der Waals surface area (Å²) in [7, 11) is 0. The molecule has 1 aliphatic rings. The molecule has 0 spiro atoms. The van der Waals surface area contributed by atoms with E-state index in [-0.39, 0.29) is 5.91 Å². The standard InChI is InChI=1S/C13H23NO6/c1-3-5-19-6-4-9-11(14-8(2)16)13(18)12(17)10(7-15)20-9/h3,9-13,15,17-18H,1,4-7H2,2H3,(H,14,16)/t9-,10-,11+,12+,13-/m1/s1. The molecule has 0 bridgehead atoms. The highest BCUT2D eigenvalue weighted by Crippen LogP contribution is 2.23. The van der Waals surface area contributed by atoms with Crippen LogP contribution in [0.5, 0.6) is 0 Å². The number of nitrogens with one attached hydrogen (secondary N) is 1. The molecule has 20 heavy (non-hydrogen) atoms. The van der Waals surface area contributed by atoms with Crippen LogP contribution in [-0.4, -0.2) is 71.5 Å². The molecule has 0 unspecified atom stereocenters. The Bertz CT molecular complexity index is 324. The topological polar surface area (TPSA) is 108 Å². The normalized spacial score (nSPS) is 33.7. The first-order chi connectivity index (χ1) is 9.51. The molecule has 1 aliphatic heterocycles. The molecule has 0 radical (unpaired) electrons. The number of hydrogen-bond donors (Lipinski definition) is 4. The predicted molar refractivity (Wildman–Crippen MR) is 71.0 cm³/mol. The van der Waals surface area contributed by atoms with Crippen LogP contribution in [0.1, 0.15) is 13.3 Å². The van der Waals surface area contributed by atoms with E-state index in [1.54, 1.807) is 6.08 Å². The summed E-state index contributed by atoms with van der Waals surface area (Å²) in [4.78, 5) is 11.2. The van der Waals surface area contributed by atoms with Crippen LogP contribution in [0.3, 0.4) is 0 Å². The van der Waals surface area contributed by atoms with Gasteiger partial charge in [-0.05, 0) is 6.42 Å². The van der Waals surface area contributed by atoms with E-state index in [0.29, 0.717) is 19.6 Å². The summed E-state index contributed by atoms with van der Waals surface area (Å²) in [5.41, 5.74) is 0. The van der Waals surface area contributed by atoms with Crippen LogP contribution in [0.2, 0.25) is 0 Å². The van der Waals surface area contributed by atoms with Crippen molar-refractivity contribution < 1.29 is 29.6 Å². The van der Waals surface area contributed by atoms with Gasteiger partial charge in [-0.2, -0.15) is 0 Å². The van der Waals surface area contributed by atoms with Crippen molar-refractivity contribution in [2.75, 3.05) is 19.8 Å². The van der Waals surface area contributed by atoms with Crippen LogP contribution < -0.4 is 5.32 Å². The molecule has 0 saturated carbocycles. The van der Waals surface area contributed by atoms with Gasteiger partial charge in [0.15, 0.2) is 0 Å². The van der Waals surface area contributed by atoms with Crippen LogP contribution in [0.15, 0.2) is 12.7 Å². The van der Waals surface area contributed by atoms with E-state index in [1.807, 2.05) is 0 Å². The summed E-state index contributed by atoms with van der Waals surface area (Å²) >= 11 is 0. The number of carbonyl (C=O) groups excluding carboxylic acids is 1. The highest BCUT2D eigenvalue weighted by atomic mass is 16.5. The SMILES string of the molecule is C=CCOCC[C@H]1O[C@H](CO)[C@H](O)[C@H](O)[C@H]1NC(C)=O. The highest BCUT2D eigenvalue weighted by Gasteiger charge is 2.44. The second kappa shape index (κ2) is 8.33. The minimum Gasteiger partial charge on any atom is -0.394 e. The van der Waals surface area contributed by atoms with E-state index in [1.165, 1.54) is 6.92 Å². The van der Waals surface area contributed by atoms with Crippen molar-refractivity contribution >= 4 is 5.91 Å². The average Bonchev–Trinajstić information content (AvgIpc) is 2.41. The lowest BCUT2D eigenvalue weighted by Gasteiger charge is -2.42. The molecule has 4 N–H and O–H groups in total. The number of hydrogen-bond acceptors (Lipinski definition) is 6. The number of carbonyl (C=O) groups is 1. The Morgan fingerprint density at radius 3 is 2.65 bits per heavy atom. The maximum absolute atomic E-state index is 11.2. The van der Waals surface area contributed by atoms with Crippen LogP contribution in [0.4, 0.5) is 0 Å². The number of amides is 1. The van der Waals surface area contributed by atoms with Gasteiger partial charge in [-0.25, -0.2) is 0 Å². The third-order valence-electron chi connectivity index (χ3n) is 3.18. The molecule has 1 heterocycles. The molecule has 1 saturated heterocycles. The lowest BCUT2D eigenvalue weighted by molar-refractivity contribution is -0.198. The monoisotopic (exact) mass is 289 g/mol. The van der Waals surface area contributed by atoms with Crippen LogP contribution in [0, 0.1) is 0 Å². The van der Waals surface area contributed by atoms with Gasteiger partial charge in [0.2, 0.25) is 5.91 Å². The molecule has 1 rings (SSSR count). The summed E-state index contributed by atoms with van der Waals surface area (Å²) in [5, 5.41) is 31.6. The fourth-order valence-electron chi connectivity index (χ4n) is 2.22. The van der Waals surface area contributed by atoms with E-state index in [9.17, 15) is 15.0 Å². The van der Waals surface area contributed by atoms with Gasteiger partial charge < -0.3 is 30.1 Å². The van der Waals surface area contributed by atoms with Gasteiger partial charge in [-0.1, -0.05) is 6.08 Å². The van der Waals surface area contributed by atoms with Gasteiger partial charge in [0, 0.05) is 13.5 Å². The largest absolute Gasteiger partial charge is 0.394 e. The van der Waals surface area contributed by atoms with E-state index in [2.05, 4.69) is 11.9 Å². The third-order valence-corrected chi connectivity index (χ3v) is 3.18. The van der Waals surface area contributed by atoms with Gasteiger partial charge in [0.25, 0.3) is 0 Å². The number of ether oxygens (including phenoxy) is 2. The molecule has 7 heteroatoms. The zero-order chi connectivity index (χ0) is 15.1. The molecule has 1 amide bonds. The molecule has 1 fully saturated rings. The van der Waals surface area contributed by atoms with Gasteiger partial charge >= 0.3 is 0 Å². The van der Waals surface area contributed by atoms with Crippen molar-refractivity contribution in [3.63, 3.8) is 0 Å². The minimum atomic E-state index is -1.25. The first-order valence-electron chi connectivity index (χ1n) is 6.59. The van der Waals surface area contributed by atoms with E-state index >= 15 is 0 Å². The lowest BCUT2D eigenvalue weighted by Crippen LogP contribution is -2.64. The molecule has 116 valence electrons. The minimum absolute atomic E-state index is 0.329. The second-order valence-electron chi connectivity index (χ2n) is 4.76. The Hall–Kier alpha value is -0.990. The summed E-state index contributed by atoms with van der Waals surface area (Å²) in [6.45, 7) is 5.19. The van der Waals surface area contributed by atoms with E-state index in [0.717, 1.165) is 0 Å². The number of aliphatic hydroxyl groups is 3.